The molecule has 0 saturated carbocycles. The van der Waals surface area contributed by atoms with Gasteiger partial charge in [-0.2, -0.15) is 0 Å². The van der Waals surface area contributed by atoms with E-state index in [0.717, 1.165) is 37.6 Å². The van der Waals surface area contributed by atoms with Crippen molar-refractivity contribution in [3.8, 4) is 5.75 Å². The first-order valence-electron chi connectivity index (χ1n) is 13.1. The van der Waals surface area contributed by atoms with Crippen LogP contribution < -0.4 is 4.74 Å². The van der Waals surface area contributed by atoms with Gasteiger partial charge in [-0.1, -0.05) is 56.1 Å². The summed E-state index contributed by atoms with van der Waals surface area (Å²) in [6.07, 6.45) is 4.05. The molecule has 36 heavy (non-hydrogen) atoms. The first-order valence-corrected chi connectivity index (χ1v) is 13.1. The lowest BCUT2D eigenvalue weighted by molar-refractivity contribution is -0.134. The summed E-state index contributed by atoms with van der Waals surface area (Å²) in [7, 11) is 0. The number of amides is 2. The average Bonchev–Trinajstić information content (AvgIpc) is 3.29. The molecule has 0 saturated heterocycles. The Hall–Kier alpha value is -3.35. The number of aromatic nitrogens is 1. The number of rotatable bonds is 4. The van der Waals surface area contributed by atoms with Crippen molar-refractivity contribution in [2.75, 3.05) is 26.2 Å². The molecular weight excluding hydrogens is 454 g/mol. The van der Waals surface area contributed by atoms with Gasteiger partial charge in [0.15, 0.2) is 5.58 Å². The van der Waals surface area contributed by atoms with Gasteiger partial charge in [0.1, 0.15) is 18.1 Å². The molecule has 1 aromatic heterocycles. The monoisotopic (exact) mass is 491 g/mol. The Morgan fingerprint density at radius 1 is 1.03 bits per heavy atom. The van der Waals surface area contributed by atoms with Gasteiger partial charge in [0.05, 0.1) is 18.0 Å². The number of ether oxygens (including phenoxy) is 1. The smallest absolute Gasteiger partial charge is 0.257 e. The Morgan fingerprint density at radius 2 is 1.75 bits per heavy atom. The van der Waals surface area contributed by atoms with Crippen molar-refractivity contribution in [2.24, 2.45) is 5.92 Å². The van der Waals surface area contributed by atoms with Crippen molar-refractivity contribution in [3.63, 3.8) is 0 Å². The van der Waals surface area contributed by atoms with E-state index in [1.807, 2.05) is 65.3 Å². The van der Waals surface area contributed by atoms with Gasteiger partial charge in [-0.15, -0.1) is 0 Å². The van der Waals surface area contributed by atoms with Crippen LogP contribution in [0.2, 0.25) is 0 Å². The molecule has 0 N–H and O–H groups in total. The van der Waals surface area contributed by atoms with Crippen LogP contribution in [0.3, 0.4) is 0 Å². The standard InChI is InChI=1S/C29H37N3O4/c1-4-31-17-11-5-6-12-18-32(28(33)19-24-22-13-7-10-16-27(22)36-30-24)25(21(2)3)20-35-26-15-9-8-14-23(26)29(31)34/h7-10,13-16,21,25H,4-6,11-12,17-20H2,1-3H3/t25-/m1/s1. The van der Waals surface area contributed by atoms with Crippen LogP contribution in [0.15, 0.2) is 53.1 Å². The topological polar surface area (TPSA) is 75.9 Å². The third-order valence-corrected chi connectivity index (χ3v) is 7.03. The Kier molecular flexibility index (Phi) is 8.62. The van der Waals surface area contributed by atoms with Crippen LogP contribution in [0, 0.1) is 5.92 Å². The van der Waals surface area contributed by atoms with Gasteiger partial charge in [0, 0.05) is 25.0 Å². The Balaban J connectivity index is 1.60. The molecule has 192 valence electrons. The molecule has 0 bridgehead atoms. The molecule has 1 atom stereocenters. The van der Waals surface area contributed by atoms with E-state index in [2.05, 4.69) is 19.0 Å². The molecule has 3 aromatic rings. The second-order valence-corrected chi connectivity index (χ2v) is 9.81. The van der Waals surface area contributed by atoms with E-state index < -0.39 is 0 Å². The number of nitrogens with zero attached hydrogens (tertiary/aromatic N) is 3. The Labute approximate surface area is 213 Å². The fourth-order valence-corrected chi connectivity index (χ4v) is 4.88. The summed E-state index contributed by atoms with van der Waals surface area (Å²) in [4.78, 5) is 30.8. The van der Waals surface area contributed by atoms with Crippen molar-refractivity contribution in [3.05, 3.63) is 59.8 Å². The van der Waals surface area contributed by atoms with E-state index in [4.69, 9.17) is 9.26 Å². The molecule has 2 amide bonds. The minimum Gasteiger partial charge on any atom is -0.491 e. The zero-order valence-electron chi connectivity index (χ0n) is 21.6. The fraction of sp³-hybridized carbons (Fsp3) is 0.483. The third kappa shape index (κ3) is 5.89. The number of carbonyl (C=O) groups excluding carboxylic acids is 2. The Morgan fingerprint density at radius 3 is 2.53 bits per heavy atom. The number of hydrogen-bond donors (Lipinski definition) is 0. The van der Waals surface area contributed by atoms with E-state index in [1.54, 1.807) is 0 Å². The van der Waals surface area contributed by atoms with Crippen molar-refractivity contribution >= 4 is 22.8 Å². The van der Waals surface area contributed by atoms with Crippen LogP contribution >= 0.6 is 0 Å². The number of benzene rings is 2. The highest BCUT2D eigenvalue weighted by Gasteiger charge is 2.29. The molecule has 0 aliphatic carbocycles. The maximum Gasteiger partial charge on any atom is 0.257 e. The summed E-state index contributed by atoms with van der Waals surface area (Å²) in [6, 6.07) is 14.9. The van der Waals surface area contributed by atoms with Crippen LogP contribution in [0.25, 0.3) is 11.0 Å². The lowest BCUT2D eigenvalue weighted by Gasteiger charge is -2.35. The van der Waals surface area contributed by atoms with Gasteiger partial charge in [-0.25, -0.2) is 0 Å². The highest BCUT2D eigenvalue weighted by molar-refractivity contribution is 5.97. The predicted molar refractivity (Wildman–Crippen MR) is 140 cm³/mol. The highest BCUT2D eigenvalue weighted by atomic mass is 16.5. The largest absolute Gasteiger partial charge is 0.491 e. The molecule has 7 nitrogen and oxygen atoms in total. The fourth-order valence-electron chi connectivity index (χ4n) is 4.88. The summed E-state index contributed by atoms with van der Waals surface area (Å²) < 4.78 is 11.7. The summed E-state index contributed by atoms with van der Waals surface area (Å²) in [6.45, 7) is 8.61. The highest BCUT2D eigenvalue weighted by Crippen LogP contribution is 2.24. The van der Waals surface area contributed by atoms with Gasteiger partial charge < -0.3 is 19.1 Å². The number of fused-ring (bicyclic) bond motifs is 2. The number of hydrogen-bond acceptors (Lipinski definition) is 5. The van der Waals surface area contributed by atoms with E-state index >= 15 is 0 Å². The third-order valence-electron chi connectivity index (χ3n) is 7.03. The normalized spacial score (nSPS) is 18.1. The maximum atomic E-state index is 13.7. The summed E-state index contributed by atoms with van der Waals surface area (Å²) in [5.74, 6) is 0.756. The molecule has 0 unspecified atom stereocenters. The first-order chi connectivity index (χ1) is 17.5. The van der Waals surface area contributed by atoms with Crippen LogP contribution in [0.5, 0.6) is 5.75 Å². The first kappa shape index (κ1) is 25.7. The quantitative estimate of drug-likeness (QED) is 0.493. The lowest BCUT2D eigenvalue weighted by atomic mass is 10.0. The van der Waals surface area contributed by atoms with Gasteiger partial charge in [-0.3, -0.25) is 9.59 Å². The van der Waals surface area contributed by atoms with Crippen molar-refractivity contribution in [1.29, 1.82) is 0 Å². The van der Waals surface area contributed by atoms with Crippen LogP contribution in [0.1, 0.15) is 62.5 Å². The van der Waals surface area contributed by atoms with Gasteiger partial charge in [0.2, 0.25) is 5.91 Å². The maximum absolute atomic E-state index is 13.7. The van der Waals surface area contributed by atoms with Crippen molar-refractivity contribution in [2.45, 2.75) is 58.9 Å². The van der Waals surface area contributed by atoms with Gasteiger partial charge in [0.25, 0.3) is 5.91 Å². The van der Waals surface area contributed by atoms with Crippen molar-refractivity contribution < 1.29 is 18.8 Å². The summed E-state index contributed by atoms with van der Waals surface area (Å²) in [5.41, 5.74) is 1.92. The van der Waals surface area contributed by atoms with Crippen LogP contribution in [-0.2, 0) is 11.2 Å². The molecule has 0 spiro atoms. The zero-order chi connectivity index (χ0) is 25.5. The lowest BCUT2D eigenvalue weighted by Crippen LogP contribution is -2.48. The second-order valence-electron chi connectivity index (χ2n) is 9.81. The molecule has 7 heteroatoms. The van der Waals surface area contributed by atoms with E-state index in [-0.39, 0.29) is 30.2 Å². The molecule has 2 aromatic carbocycles. The number of para-hydroxylation sites is 2. The molecule has 0 radical (unpaired) electrons. The molecular formula is C29H37N3O4. The van der Waals surface area contributed by atoms with Crippen LogP contribution in [0.4, 0.5) is 0 Å². The average molecular weight is 492 g/mol. The van der Waals surface area contributed by atoms with Gasteiger partial charge in [-0.05, 0) is 49.9 Å². The van der Waals surface area contributed by atoms with E-state index in [9.17, 15) is 9.59 Å². The van der Waals surface area contributed by atoms with Crippen LogP contribution in [-0.4, -0.2) is 59.1 Å². The summed E-state index contributed by atoms with van der Waals surface area (Å²) >= 11 is 0. The predicted octanol–water partition coefficient (Wildman–Crippen LogP) is 5.34. The minimum absolute atomic E-state index is 0.00269. The van der Waals surface area contributed by atoms with E-state index in [0.29, 0.717) is 42.3 Å². The molecule has 4 rings (SSSR count). The van der Waals surface area contributed by atoms with E-state index in [1.165, 1.54) is 0 Å². The zero-order valence-corrected chi connectivity index (χ0v) is 21.6. The summed E-state index contributed by atoms with van der Waals surface area (Å²) in [5, 5.41) is 5.06. The molecule has 2 heterocycles. The SMILES string of the molecule is CCN1CCCCCCN(C(=O)Cc2noc3ccccc23)[C@@H](C(C)C)COc2ccccc2C1=O. The molecule has 1 aliphatic rings. The molecule has 1 aliphatic heterocycles. The second kappa shape index (κ2) is 12.1. The minimum atomic E-state index is -0.135. The Bertz CT molecular complexity index is 1170. The van der Waals surface area contributed by atoms with Gasteiger partial charge >= 0.3 is 0 Å². The van der Waals surface area contributed by atoms with Crippen molar-refractivity contribution in [1.82, 2.24) is 15.0 Å². The molecule has 0 fully saturated rings. The number of carbonyl (C=O) groups is 2.